The summed E-state index contributed by atoms with van der Waals surface area (Å²) in [5.41, 5.74) is -3.27. The van der Waals surface area contributed by atoms with Gasteiger partial charge in [0.25, 0.3) is 5.91 Å². The summed E-state index contributed by atoms with van der Waals surface area (Å²) in [6.07, 6.45) is -0.926. The lowest BCUT2D eigenvalue weighted by atomic mass is 9.64. The first-order valence-corrected chi connectivity index (χ1v) is 11.9. The number of ketones is 2. The van der Waals surface area contributed by atoms with Gasteiger partial charge >= 0.3 is 5.97 Å². The third-order valence-corrected chi connectivity index (χ3v) is 7.20. The highest BCUT2D eigenvalue weighted by molar-refractivity contribution is 6.16. The van der Waals surface area contributed by atoms with E-state index >= 15 is 0 Å². The zero-order valence-electron chi connectivity index (χ0n) is 21.5. The van der Waals surface area contributed by atoms with Crippen molar-refractivity contribution in [3.63, 3.8) is 0 Å². The minimum absolute atomic E-state index is 0.213. The van der Waals surface area contributed by atoms with Gasteiger partial charge in [0.1, 0.15) is 12.1 Å². The second-order valence-corrected chi connectivity index (χ2v) is 9.64. The molecule has 1 heterocycles. The van der Waals surface area contributed by atoms with Gasteiger partial charge < -0.3 is 25.6 Å². The van der Waals surface area contributed by atoms with E-state index in [1.165, 1.54) is 32.2 Å². The fraction of sp³-hybridized carbons (Fsp3) is 0.500. The van der Waals surface area contributed by atoms with Crippen LogP contribution in [-0.4, -0.2) is 89.4 Å². The number of aliphatic carboxylic acids is 1. The van der Waals surface area contributed by atoms with Crippen molar-refractivity contribution in [1.29, 1.82) is 0 Å². The van der Waals surface area contributed by atoms with Crippen LogP contribution in [0.15, 0.2) is 35.9 Å². The minimum Gasteiger partial charge on any atom is -0.481 e. The number of hydrogen-bond donors (Lipinski definition) is 4. The molecule has 0 aromatic heterocycles. The van der Waals surface area contributed by atoms with Crippen LogP contribution in [0.3, 0.4) is 0 Å². The Balaban J connectivity index is 2.22. The summed E-state index contributed by atoms with van der Waals surface area (Å²) in [5.74, 6) is -4.01. The highest BCUT2D eigenvalue weighted by atomic mass is 16.5. The van der Waals surface area contributed by atoms with Gasteiger partial charge in [-0.3, -0.25) is 28.9 Å². The van der Waals surface area contributed by atoms with Gasteiger partial charge in [-0.25, -0.2) is 0 Å². The number of methoxy groups -OCH3 is 1. The average Bonchev–Trinajstić information content (AvgIpc) is 3.05. The van der Waals surface area contributed by atoms with E-state index in [4.69, 9.17) is 4.74 Å². The SMILES string of the molecule is CNC(=O)[C@H]1[C@@H](OC)C2(O)c3ccccc3CC(=O)[C@@]2(C(=O)N[C@@H](CCC(=O)O)C(=O)C=C(C)C)N1C. The molecule has 1 fully saturated rings. The standard InChI is InChI=1S/C26H33N3O8/c1-14(2)12-18(30)17(10-11-20(32)33)28-24(35)25-19(31)13-15-8-6-7-9-16(15)26(25,36)22(37-5)21(29(25)4)23(34)27-3/h6-9,12,17,21-22,36H,10-11,13H2,1-5H3,(H,27,34)(H,28,35)(H,32,33)/t17-,21+,22+,25-,26?/m0/s1. The number of allylic oxidation sites excluding steroid dienone is 1. The monoisotopic (exact) mass is 515 g/mol. The number of fused-ring (bicyclic) bond motifs is 3. The van der Waals surface area contributed by atoms with Crippen LogP contribution in [0.5, 0.6) is 0 Å². The Hall–Kier alpha value is -3.41. The number of hydrogen-bond acceptors (Lipinski definition) is 8. The number of nitrogens with one attached hydrogen (secondary N) is 2. The summed E-state index contributed by atoms with van der Waals surface area (Å²) in [4.78, 5) is 66.4. The third-order valence-electron chi connectivity index (χ3n) is 7.20. The molecule has 0 radical (unpaired) electrons. The molecule has 2 aliphatic rings. The molecule has 1 aliphatic heterocycles. The maximum atomic E-state index is 14.2. The third kappa shape index (κ3) is 4.36. The fourth-order valence-electron chi connectivity index (χ4n) is 5.64. The van der Waals surface area contributed by atoms with Crippen LogP contribution in [0.1, 0.15) is 37.8 Å². The largest absolute Gasteiger partial charge is 0.481 e. The zero-order valence-corrected chi connectivity index (χ0v) is 21.5. The average molecular weight is 516 g/mol. The number of amides is 2. The smallest absolute Gasteiger partial charge is 0.303 e. The zero-order chi connectivity index (χ0) is 27.7. The lowest BCUT2D eigenvalue weighted by molar-refractivity contribution is -0.170. The number of aliphatic hydroxyl groups is 1. The predicted molar refractivity (Wildman–Crippen MR) is 131 cm³/mol. The predicted octanol–water partition coefficient (Wildman–Crippen LogP) is -0.302. The molecule has 1 aliphatic carbocycles. The number of rotatable bonds is 9. The van der Waals surface area contributed by atoms with Gasteiger partial charge in [0, 0.05) is 27.0 Å². The van der Waals surface area contributed by atoms with E-state index in [9.17, 15) is 34.2 Å². The van der Waals surface area contributed by atoms with E-state index in [1.54, 1.807) is 38.1 Å². The van der Waals surface area contributed by atoms with Gasteiger partial charge in [0.15, 0.2) is 22.7 Å². The Bertz CT molecular complexity index is 1160. The van der Waals surface area contributed by atoms with Gasteiger partial charge in [-0.15, -0.1) is 0 Å². The molecule has 11 heteroatoms. The summed E-state index contributed by atoms with van der Waals surface area (Å²) in [6, 6.07) is 4.04. The van der Waals surface area contributed by atoms with Crippen LogP contribution in [0.2, 0.25) is 0 Å². The van der Waals surface area contributed by atoms with Gasteiger partial charge in [-0.2, -0.15) is 0 Å². The molecular formula is C26H33N3O8. The Morgan fingerprint density at radius 1 is 1.24 bits per heavy atom. The fourth-order valence-corrected chi connectivity index (χ4v) is 5.64. The van der Waals surface area contributed by atoms with Crippen molar-refractivity contribution in [2.24, 2.45) is 0 Å². The summed E-state index contributed by atoms with van der Waals surface area (Å²) < 4.78 is 5.62. The second kappa shape index (κ2) is 10.5. The van der Waals surface area contributed by atoms with Crippen molar-refractivity contribution >= 4 is 29.4 Å². The van der Waals surface area contributed by atoms with Crippen molar-refractivity contribution in [1.82, 2.24) is 15.5 Å². The van der Waals surface area contributed by atoms with Crippen LogP contribution in [0.4, 0.5) is 0 Å². The quantitative estimate of drug-likeness (QED) is 0.255. The van der Waals surface area contributed by atoms with Crippen molar-refractivity contribution < 1.29 is 38.9 Å². The van der Waals surface area contributed by atoms with E-state index in [0.29, 0.717) is 11.1 Å². The van der Waals surface area contributed by atoms with Crippen LogP contribution >= 0.6 is 0 Å². The molecule has 1 aromatic rings. The molecule has 0 spiro atoms. The Morgan fingerprint density at radius 2 is 1.89 bits per heavy atom. The van der Waals surface area contributed by atoms with Gasteiger partial charge in [0.05, 0.1) is 6.04 Å². The van der Waals surface area contributed by atoms with Crippen LogP contribution in [0.25, 0.3) is 0 Å². The Morgan fingerprint density at radius 3 is 2.46 bits per heavy atom. The molecule has 3 rings (SSSR count). The molecule has 37 heavy (non-hydrogen) atoms. The lowest BCUT2D eigenvalue weighted by Gasteiger charge is -2.47. The lowest BCUT2D eigenvalue weighted by Crippen LogP contribution is -2.73. The van der Waals surface area contributed by atoms with Gasteiger partial charge in [-0.05, 0) is 44.5 Å². The van der Waals surface area contributed by atoms with Crippen LogP contribution < -0.4 is 10.6 Å². The van der Waals surface area contributed by atoms with Crippen molar-refractivity contribution in [3.05, 3.63) is 47.0 Å². The van der Waals surface area contributed by atoms with Crippen molar-refractivity contribution in [3.8, 4) is 0 Å². The molecule has 200 valence electrons. The molecule has 2 amide bonds. The number of nitrogens with zero attached hydrogens (tertiary/aromatic N) is 1. The molecule has 11 nitrogen and oxygen atoms in total. The number of benzene rings is 1. The molecule has 1 saturated heterocycles. The number of likely N-dealkylation sites (N-methyl/N-ethyl adjacent to an activating group) is 2. The second-order valence-electron chi connectivity index (χ2n) is 9.64. The van der Waals surface area contributed by atoms with E-state index in [1.807, 2.05) is 0 Å². The van der Waals surface area contributed by atoms with Gasteiger partial charge in [0.2, 0.25) is 5.91 Å². The van der Waals surface area contributed by atoms with Crippen molar-refractivity contribution in [2.45, 2.75) is 62.4 Å². The molecule has 5 atom stereocenters. The number of carboxylic acids is 1. The topological polar surface area (TPSA) is 162 Å². The molecule has 0 bridgehead atoms. The van der Waals surface area contributed by atoms with E-state index in [0.717, 1.165) is 0 Å². The first-order valence-electron chi connectivity index (χ1n) is 11.9. The first-order chi connectivity index (χ1) is 17.4. The summed E-state index contributed by atoms with van der Waals surface area (Å²) >= 11 is 0. The minimum atomic E-state index is -2.34. The van der Waals surface area contributed by atoms with Crippen molar-refractivity contribution in [2.75, 3.05) is 21.2 Å². The highest BCUT2D eigenvalue weighted by Gasteiger charge is 2.77. The summed E-state index contributed by atoms with van der Waals surface area (Å²) in [6.45, 7) is 3.35. The number of carboxylic acid groups (broad SMARTS) is 1. The molecule has 4 N–H and O–H groups in total. The van der Waals surface area contributed by atoms with Gasteiger partial charge in [-0.1, -0.05) is 29.8 Å². The summed E-state index contributed by atoms with van der Waals surface area (Å²) in [5, 5.41) is 26.6. The maximum absolute atomic E-state index is 14.2. The van der Waals surface area contributed by atoms with E-state index in [-0.39, 0.29) is 18.4 Å². The number of likely N-dealkylation sites (tertiary alicyclic amines) is 1. The molecule has 1 unspecified atom stereocenters. The number of carbonyl (C=O) groups is 5. The normalized spacial score (nSPS) is 27.5. The van der Waals surface area contributed by atoms with Crippen LogP contribution in [0, 0.1) is 0 Å². The van der Waals surface area contributed by atoms with E-state index in [2.05, 4.69) is 10.6 Å². The Kier molecular flexibility index (Phi) is 8.01. The number of Topliss-reactive ketones (excluding diaryl/α,β-unsaturated/α-hetero) is 1. The molecule has 0 saturated carbocycles. The molecular weight excluding hydrogens is 482 g/mol. The van der Waals surface area contributed by atoms with Crippen LogP contribution in [-0.2, 0) is 40.7 Å². The molecule has 1 aromatic carbocycles. The Labute approximate surface area is 214 Å². The maximum Gasteiger partial charge on any atom is 0.303 e. The van der Waals surface area contributed by atoms with E-state index < -0.39 is 65.1 Å². The highest BCUT2D eigenvalue weighted by Crippen LogP contribution is 2.54. The first kappa shape index (κ1) is 28.2. The number of ether oxygens (including phenoxy) is 1. The summed E-state index contributed by atoms with van der Waals surface area (Å²) in [7, 11) is 4.03. The number of carbonyl (C=O) groups excluding carboxylic acids is 4.